The van der Waals surface area contributed by atoms with Crippen molar-refractivity contribution in [3.8, 4) is 0 Å². The lowest BCUT2D eigenvalue weighted by molar-refractivity contribution is -0.126. The molecule has 2 atom stereocenters. The Kier molecular flexibility index (Phi) is 4.74. The highest BCUT2D eigenvalue weighted by molar-refractivity contribution is 5.85. The molecule has 1 fully saturated rings. The summed E-state index contributed by atoms with van der Waals surface area (Å²) in [4.78, 5) is 11.8. The molecule has 1 aliphatic rings. The lowest BCUT2D eigenvalue weighted by Gasteiger charge is -2.25. The number of hydrogen-bond acceptors (Lipinski definition) is 3. The third-order valence-corrected chi connectivity index (χ3v) is 3.77. The number of hydrogen-bond donors (Lipinski definition) is 3. The van der Waals surface area contributed by atoms with Crippen molar-refractivity contribution in [1.29, 1.82) is 0 Å². The number of carbonyl (C=O) groups excluding carboxylic acids is 1. The van der Waals surface area contributed by atoms with Crippen molar-refractivity contribution in [2.24, 2.45) is 11.8 Å². The summed E-state index contributed by atoms with van der Waals surface area (Å²) < 4.78 is 0. The molecular weight excluding hydrogens is 204 g/mol. The minimum atomic E-state index is -0.521. The Labute approximate surface area is 97.8 Å². The second kappa shape index (κ2) is 5.64. The molecule has 4 heteroatoms. The molecule has 1 saturated carbocycles. The van der Waals surface area contributed by atoms with Crippen molar-refractivity contribution in [1.82, 2.24) is 10.6 Å². The molecule has 94 valence electrons. The standard InChI is InChI=1S/C12H24N2O2/c1-12(2,13-3)11(16)14-7-9-5-4-6-10(9)8-15/h9-10,13,15H,4-8H2,1-3H3,(H,14,16). The molecule has 3 N–H and O–H groups in total. The van der Waals surface area contributed by atoms with Crippen LogP contribution < -0.4 is 10.6 Å². The van der Waals surface area contributed by atoms with Gasteiger partial charge in [-0.05, 0) is 45.6 Å². The summed E-state index contributed by atoms with van der Waals surface area (Å²) in [6, 6.07) is 0. The SMILES string of the molecule is CNC(C)(C)C(=O)NCC1CCCC1CO. The van der Waals surface area contributed by atoms with Crippen LogP contribution in [0.5, 0.6) is 0 Å². The zero-order valence-electron chi connectivity index (χ0n) is 10.5. The van der Waals surface area contributed by atoms with Gasteiger partial charge < -0.3 is 15.7 Å². The van der Waals surface area contributed by atoms with Gasteiger partial charge in [0.2, 0.25) is 5.91 Å². The van der Waals surface area contributed by atoms with Gasteiger partial charge in [-0.3, -0.25) is 4.79 Å². The number of likely N-dealkylation sites (N-methyl/N-ethyl adjacent to an activating group) is 1. The van der Waals surface area contributed by atoms with Gasteiger partial charge in [0.1, 0.15) is 0 Å². The molecule has 1 rings (SSSR count). The van der Waals surface area contributed by atoms with Crippen molar-refractivity contribution in [3.05, 3.63) is 0 Å². The maximum absolute atomic E-state index is 11.8. The van der Waals surface area contributed by atoms with Gasteiger partial charge in [0.25, 0.3) is 0 Å². The van der Waals surface area contributed by atoms with Gasteiger partial charge in [-0.2, -0.15) is 0 Å². The molecule has 0 heterocycles. The number of nitrogens with one attached hydrogen (secondary N) is 2. The van der Waals surface area contributed by atoms with Gasteiger partial charge in [0.15, 0.2) is 0 Å². The fourth-order valence-electron chi connectivity index (χ4n) is 2.18. The monoisotopic (exact) mass is 228 g/mol. The Morgan fingerprint density at radius 2 is 2.00 bits per heavy atom. The smallest absolute Gasteiger partial charge is 0.239 e. The number of amides is 1. The fraction of sp³-hybridized carbons (Fsp3) is 0.917. The largest absolute Gasteiger partial charge is 0.396 e. The lowest BCUT2D eigenvalue weighted by atomic mass is 9.96. The minimum Gasteiger partial charge on any atom is -0.396 e. The third-order valence-electron chi connectivity index (χ3n) is 3.77. The van der Waals surface area contributed by atoms with Gasteiger partial charge >= 0.3 is 0 Å². The second-order valence-corrected chi connectivity index (χ2v) is 5.22. The van der Waals surface area contributed by atoms with Crippen LogP contribution in [0.4, 0.5) is 0 Å². The van der Waals surface area contributed by atoms with E-state index in [-0.39, 0.29) is 12.5 Å². The Balaban J connectivity index is 2.37. The first-order valence-corrected chi connectivity index (χ1v) is 6.09. The average Bonchev–Trinajstić information content (AvgIpc) is 2.72. The Morgan fingerprint density at radius 1 is 1.38 bits per heavy atom. The summed E-state index contributed by atoms with van der Waals surface area (Å²) in [6.45, 7) is 4.66. The summed E-state index contributed by atoms with van der Waals surface area (Å²) in [5, 5.41) is 15.1. The van der Waals surface area contributed by atoms with E-state index in [9.17, 15) is 9.90 Å². The van der Waals surface area contributed by atoms with E-state index < -0.39 is 5.54 Å². The zero-order valence-corrected chi connectivity index (χ0v) is 10.5. The van der Waals surface area contributed by atoms with Crippen molar-refractivity contribution in [3.63, 3.8) is 0 Å². The molecule has 2 unspecified atom stereocenters. The zero-order chi connectivity index (χ0) is 12.2. The quantitative estimate of drug-likeness (QED) is 0.642. The average molecular weight is 228 g/mol. The normalized spacial score (nSPS) is 25.8. The third kappa shape index (κ3) is 3.19. The van der Waals surface area contributed by atoms with Gasteiger partial charge in [-0.15, -0.1) is 0 Å². The predicted molar refractivity (Wildman–Crippen MR) is 64.1 cm³/mol. The van der Waals surface area contributed by atoms with Crippen molar-refractivity contribution in [2.45, 2.75) is 38.6 Å². The van der Waals surface area contributed by atoms with Crippen LogP contribution >= 0.6 is 0 Å². The molecule has 0 radical (unpaired) electrons. The molecular formula is C12H24N2O2. The Hall–Kier alpha value is -0.610. The van der Waals surface area contributed by atoms with Crippen LogP contribution in [0.2, 0.25) is 0 Å². The Morgan fingerprint density at radius 3 is 2.56 bits per heavy atom. The molecule has 1 amide bonds. The van der Waals surface area contributed by atoms with E-state index in [0.29, 0.717) is 18.4 Å². The molecule has 4 nitrogen and oxygen atoms in total. The summed E-state index contributed by atoms with van der Waals surface area (Å²) in [6.07, 6.45) is 3.37. The highest BCUT2D eigenvalue weighted by Gasteiger charge is 2.29. The van der Waals surface area contributed by atoms with E-state index in [1.807, 2.05) is 13.8 Å². The minimum absolute atomic E-state index is 0.0265. The van der Waals surface area contributed by atoms with Crippen LogP contribution in [0.3, 0.4) is 0 Å². The number of aliphatic hydroxyl groups excluding tert-OH is 1. The van der Waals surface area contributed by atoms with E-state index in [0.717, 1.165) is 12.8 Å². The van der Waals surface area contributed by atoms with Gasteiger partial charge in [-0.25, -0.2) is 0 Å². The van der Waals surface area contributed by atoms with Gasteiger partial charge in [-0.1, -0.05) is 6.42 Å². The van der Waals surface area contributed by atoms with Gasteiger partial charge in [0.05, 0.1) is 5.54 Å². The Bertz CT molecular complexity index is 241. The van der Waals surface area contributed by atoms with Crippen molar-refractivity contribution >= 4 is 5.91 Å². The second-order valence-electron chi connectivity index (χ2n) is 5.22. The van der Waals surface area contributed by atoms with Crippen LogP contribution in [-0.4, -0.2) is 36.8 Å². The lowest BCUT2D eigenvalue weighted by Crippen LogP contribution is -2.52. The number of carbonyl (C=O) groups is 1. The van der Waals surface area contributed by atoms with E-state index in [4.69, 9.17) is 0 Å². The molecule has 0 aliphatic heterocycles. The fourth-order valence-corrected chi connectivity index (χ4v) is 2.18. The number of rotatable bonds is 5. The molecule has 1 aliphatic carbocycles. The predicted octanol–water partition coefficient (Wildman–Crippen LogP) is 0.509. The molecule has 0 aromatic carbocycles. The topological polar surface area (TPSA) is 61.4 Å². The first kappa shape index (κ1) is 13.5. The summed E-state index contributed by atoms with van der Waals surface area (Å²) >= 11 is 0. The van der Waals surface area contributed by atoms with Crippen molar-refractivity contribution in [2.75, 3.05) is 20.2 Å². The molecule has 0 aromatic heterocycles. The summed E-state index contributed by atoms with van der Waals surface area (Å²) in [5.74, 6) is 0.846. The van der Waals surface area contributed by atoms with Crippen LogP contribution in [0, 0.1) is 11.8 Å². The highest BCUT2D eigenvalue weighted by Crippen LogP contribution is 2.30. The van der Waals surface area contributed by atoms with Crippen LogP contribution in [0.1, 0.15) is 33.1 Å². The van der Waals surface area contributed by atoms with E-state index in [2.05, 4.69) is 10.6 Å². The summed E-state index contributed by atoms with van der Waals surface area (Å²) in [5.41, 5.74) is -0.521. The highest BCUT2D eigenvalue weighted by atomic mass is 16.3. The first-order chi connectivity index (χ1) is 7.51. The first-order valence-electron chi connectivity index (χ1n) is 6.09. The van der Waals surface area contributed by atoms with Gasteiger partial charge in [0, 0.05) is 13.2 Å². The molecule has 0 saturated heterocycles. The van der Waals surface area contributed by atoms with Crippen molar-refractivity contribution < 1.29 is 9.90 Å². The maximum Gasteiger partial charge on any atom is 0.239 e. The van der Waals surface area contributed by atoms with Crippen LogP contribution in [0.15, 0.2) is 0 Å². The van der Waals surface area contributed by atoms with Crippen LogP contribution in [-0.2, 0) is 4.79 Å². The van der Waals surface area contributed by atoms with Crippen LogP contribution in [0.25, 0.3) is 0 Å². The van der Waals surface area contributed by atoms with E-state index in [1.165, 1.54) is 6.42 Å². The summed E-state index contributed by atoms with van der Waals surface area (Å²) in [7, 11) is 1.78. The molecule has 0 aromatic rings. The number of aliphatic hydroxyl groups is 1. The molecule has 0 spiro atoms. The maximum atomic E-state index is 11.8. The molecule has 16 heavy (non-hydrogen) atoms. The van der Waals surface area contributed by atoms with E-state index in [1.54, 1.807) is 7.05 Å². The molecule has 0 bridgehead atoms. The van der Waals surface area contributed by atoms with E-state index >= 15 is 0 Å².